The Labute approximate surface area is 236 Å². The Bertz CT molecular complexity index is 1230. The molecule has 39 heavy (non-hydrogen) atoms. The van der Waals surface area contributed by atoms with Crippen molar-refractivity contribution in [3.8, 4) is 5.75 Å². The zero-order valence-electron chi connectivity index (χ0n) is 21.9. The van der Waals surface area contributed by atoms with Gasteiger partial charge in [0, 0.05) is 27.9 Å². The molecular weight excluding hydrogens is 547 g/mol. The summed E-state index contributed by atoms with van der Waals surface area (Å²) in [7, 11) is 0. The van der Waals surface area contributed by atoms with E-state index in [-0.39, 0.29) is 13.0 Å². The third-order valence-corrected chi connectivity index (χ3v) is 8.57. The lowest BCUT2D eigenvalue weighted by Gasteiger charge is -2.40. The van der Waals surface area contributed by atoms with Crippen molar-refractivity contribution in [1.82, 2.24) is 10.6 Å². The van der Waals surface area contributed by atoms with Gasteiger partial charge >= 0.3 is 11.9 Å². The van der Waals surface area contributed by atoms with Crippen molar-refractivity contribution in [2.45, 2.75) is 52.7 Å². The van der Waals surface area contributed by atoms with E-state index in [1.807, 2.05) is 0 Å². The Morgan fingerprint density at radius 2 is 1.64 bits per heavy atom. The van der Waals surface area contributed by atoms with Crippen LogP contribution in [0.4, 0.5) is 0 Å². The van der Waals surface area contributed by atoms with Crippen LogP contribution in [0.25, 0.3) is 0 Å². The molecule has 0 spiro atoms. The molecule has 11 heteroatoms. The fourth-order valence-electron chi connectivity index (χ4n) is 4.97. The highest BCUT2D eigenvalue weighted by atomic mass is 35.5. The SMILES string of the molecule is CC1(C)[C@@H](C(=O)N[C@@H](Cc2ccc(OCc3c(Cl)cccc3Cl)cc2)C(=O)O)CC[C@@]1(C)C(=O)NCC(=O)O. The van der Waals surface area contributed by atoms with E-state index in [1.54, 1.807) is 63.2 Å². The Kier molecular flexibility index (Phi) is 9.51. The molecule has 0 aliphatic heterocycles. The molecule has 9 nitrogen and oxygen atoms in total. The van der Waals surface area contributed by atoms with Crippen molar-refractivity contribution in [2.24, 2.45) is 16.7 Å². The molecule has 2 amide bonds. The predicted molar refractivity (Wildman–Crippen MR) is 146 cm³/mol. The molecule has 3 rings (SSSR count). The normalized spacial score (nSPS) is 20.6. The first kappa shape index (κ1) is 30.2. The molecule has 210 valence electrons. The minimum absolute atomic E-state index is 0.0429. The van der Waals surface area contributed by atoms with Crippen LogP contribution in [0.1, 0.15) is 44.7 Å². The van der Waals surface area contributed by atoms with Gasteiger partial charge in [-0.05, 0) is 48.1 Å². The first-order valence-corrected chi connectivity index (χ1v) is 13.2. The van der Waals surface area contributed by atoms with Crippen LogP contribution in [-0.2, 0) is 32.2 Å². The first-order chi connectivity index (χ1) is 18.3. The second kappa shape index (κ2) is 12.3. The van der Waals surface area contributed by atoms with Crippen molar-refractivity contribution in [3.05, 3.63) is 63.6 Å². The third-order valence-electron chi connectivity index (χ3n) is 7.87. The number of benzene rings is 2. The number of carboxylic acid groups (broad SMARTS) is 2. The van der Waals surface area contributed by atoms with Gasteiger partial charge in [0.1, 0.15) is 24.9 Å². The lowest BCUT2D eigenvalue weighted by Crippen LogP contribution is -2.52. The van der Waals surface area contributed by atoms with E-state index in [0.717, 1.165) is 0 Å². The maximum atomic E-state index is 13.2. The molecule has 0 unspecified atom stereocenters. The molecular formula is C28H32Cl2N2O7. The molecule has 0 aromatic heterocycles. The molecule has 3 atom stereocenters. The minimum atomic E-state index is -1.19. The molecule has 2 aromatic carbocycles. The van der Waals surface area contributed by atoms with Gasteiger partial charge < -0.3 is 25.6 Å². The van der Waals surface area contributed by atoms with Gasteiger partial charge in [-0.2, -0.15) is 0 Å². The van der Waals surface area contributed by atoms with E-state index < -0.39 is 53.1 Å². The summed E-state index contributed by atoms with van der Waals surface area (Å²) in [4.78, 5) is 48.9. The van der Waals surface area contributed by atoms with Gasteiger partial charge in [-0.3, -0.25) is 14.4 Å². The first-order valence-electron chi connectivity index (χ1n) is 12.4. The summed E-state index contributed by atoms with van der Waals surface area (Å²) in [5.41, 5.74) is -0.502. The summed E-state index contributed by atoms with van der Waals surface area (Å²) in [6.07, 6.45) is 0.771. The Morgan fingerprint density at radius 1 is 1.03 bits per heavy atom. The van der Waals surface area contributed by atoms with Crippen LogP contribution in [-0.4, -0.2) is 46.6 Å². The van der Waals surface area contributed by atoms with E-state index in [0.29, 0.717) is 39.8 Å². The fourth-order valence-corrected chi connectivity index (χ4v) is 5.48. The molecule has 1 saturated carbocycles. The summed E-state index contributed by atoms with van der Waals surface area (Å²) < 4.78 is 5.77. The van der Waals surface area contributed by atoms with Crippen LogP contribution in [0, 0.1) is 16.7 Å². The largest absolute Gasteiger partial charge is 0.489 e. The van der Waals surface area contributed by atoms with Gasteiger partial charge in [-0.15, -0.1) is 0 Å². The lowest BCUT2D eigenvalue weighted by molar-refractivity contribution is -0.145. The molecule has 0 radical (unpaired) electrons. The topological polar surface area (TPSA) is 142 Å². The lowest BCUT2D eigenvalue weighted by atomic mass is 9.65. The summed E-state index contributed by atoms with van der Waals surface area (Å²) in [5.74, 6) is -3.34. The van der Waals surface area contributed by atoms with Crippen LogP contribution in [0.3, 0.4) is 0 Å². The summed E-state index contributed by atoms with van der Waals surface area (Å²) in [6, 6.07) is 10.8. The summed E-state index contributed by atoms with van der Waals surface area (Å²) in [5, 5.41) is 24.7. The molecule has 1 aliphatic carbocycles. The van der Waals surface area contributed by atoms with Gasteiger partial charge in [-0.25, -0.2) is 4.79 Å². The fraction of sp³-hybridized carbons (Fsp3) is 0.429. The van der Waals surface area contributed by atoms with Crippen molar-refractivity contribution < 1.29 is 34.1 Å². The maximum Gasteiger partial charge on any atom is 0.326 e. The molecule has 0 bridgehead atoms. The number of rotatable bonds is 11. The molecule has 4 N–H and O–H groups in total. The van der Waals surface area contributed by atoms with E-state index >= 15 is 0 Å². The number of carbonyl (C=O) groups is 4. The number of carbonyl (C=O) groups excluding carboxylic acids is 2. The van der Waals surface area contributed by atoms with E-state index in [4.69, 9.17) is 33.0 Å². The van der Waals surface area contributed by atoms with Crippen LogP contribution in [0.5, 0.6) is 5.75 Å². The van der Waals surface area contributed by atoms with Crippen LogP contribution >= 0.6 is 23.2 Å². The van der Waals surface area contributed by atoms with Crippen molar-refractivity contribution in [1.29, 1.82) is 0 Å². The van der Waals surface area contributed by atoms with Crippen LogP contribution in [0.2, 0.25) is 10.0 Å². The molecule has 1 fully saturated rings. The van der Waals surface area contributed by atoms with E-state index in [2.05, 4.69) is 10.6 Å². The average Bonchev–Trinajstić information content (AvgIpc) is 3.12. The number of carboxylic acids is 2. The number of hydrogen-bond donors (Lipinski definition) is 4. The second-order valence-corrected chi connectivity index (χ2v) is 11.3. The van der Waals surface area contributed by atoms with Crippen LogP contribution < -0.4 is 15.4 Å². The molecule has 2 aromatic rings. The predicted octanol–water partition coefficient (Wildman–Crippen LogP) is 4.33. The summed E-state index contributed by atoms with van der Waals surface area (Å²) in [6.45, 7) is 4.90. The maximum absolute atomic E-state index is 13.2. The van der Waals surface area contributed by atoms with E-state index in [9.17, 15) is 24.3 Å². The van der Waals surface area contributed by atoms with Gasteiger partial charge in [-0.1, -0.05) is 62.2 Å². The van der Waals surface area contributed by atoms with Gasteiger partial charge in [0.25, 0.3) is 0 Å². The second-order valence-electron chi connectivity index (χ2n) is 10.5. The quantitative estimate of drug-likeness (QED) is 0.311. The standard InChI is InChI=1S/C28H32Cl2N2O7/c1-27(2)19(11-12-28(27,3)26(38)31-14-23(33)34)24(35)32-22(25(36)37)13-16-7-9-17(10-8-16)39-15-18-20(29)5-4-6-21(18)30/h4-10,19,22H,11-15H2,1-3H3,(H,31,38)(H,32,35)(H,33,34)(H,36,37)/t19-,22+,28+/m1/s1. The third kappa shape index (κ3) is 6.83. The van der Waals surface area contributed by atoms with Crippen LogP contribution in [0.15, 0.2) is 42.5 Å². The van der Waals surface area contributed by atoms with Gasteiger partial charge in [0.05, 0.1) is 5.41 Å². The Morgan fingerprint density at radius 3 is 2.21 bits per heavy atom. The number of halogens is 2. The molecule has 0 saturated heterocycles. The highest BCUT2D eigenvalue weighted by molar-refractivity contribution is 6.35. The number of hydrogen-bond acceptors (Lipinski definition) is 5. The molecule has 0 heterocycles. The smallest absolute Gasteiger partial charge is 0.326 e. The number of amides is 2. The summed E-state index contributed by atoms with van der Waals surface area (Å²) >= 11 is 12.3. The Balaban J connectivity index is 1.63. The highest BCUT2D eigenvalue weighted by Crippen LogP contribution is 2.56. The van der Waals surface area contributed by atoms with Crippen molar-refractivity contribution in [2.75, 3.05) is 6.54 Å². The molecule has 1 aliphatic rings. The van der Waals surface area contributed by atoms with Gasteiger partial charge in [0.2, 0.25) is 11.8 Å². The van der Waals surface area contributed by atoms with Gasteiger partial charge in [0.15, 0.2) is 0 Å². The monoisotopic (exact) mass is 578 g/mol. The zero-order chi connectivity index (χ0) is 29.0. The average molecular weight is 579 g/mol. The van der Waals surface area contributed by atoms with Crippen molar-refractivity contribution >= 4 is 47.0 Å². The highest BCUT2D eigenvalue weighted by Gasteiger charge is 2.58. The number of aliphatic carboxylic acids is 2. The number of nitrogens with one attached hydrogen (secondary N) is 2. The minimum Gasteiger partial charge on any atom is -0.489 e. The van der Waals surface area contributed by atoms with E-state index in [1.165, 1.54) is 0 Å². The zero-order valence-corrected chi connectivity index (χ0v) is 23.4. The Hall–Kier alpha value is -3.30. The number of ether oxygens (including phenoxy) is 1. The van der Waals surface area contributed by atoms with Crippen molar-refractivity contribution in [3.63, 3.8) is 0 Å².